The Bertz CT molecular complexity index is 352. The van der Waals surface area contributed by atoms with Crippen molar-refractivity contribution in [2.45, 2.75) is 6.92 Å². The van der Waals surface area contributed by atoms with Crippen molar-refractivity contribution in [1.29, 1.82) is 0 Å². The van der Waals surface area contributed by atoms with Crippen molar-refractivity contribution < 1.29 is 9.53 Å². The van der Waals surface area contributed by atoms with E-state index in [4.69, 9.17) is 17.3 Å². The number of methoxy groups -OCH3 is 1. The summed E-state index contributed by atoms with van der Waals surface area (Å²) in [7, 11) is 1.28. The van der Waals surface area contributed by atoms with E-state index in [2.05, 4.69) is 9.72 Å². The van der Waals surface area contributed by atoms with Crippen LogP contribution >= 0.6 is 11.6 Å². The number of esters is 1. The van der Waals surface area contributed by atoms with Gasteiger partial charge in [-0.2, -0.15) is 0 Å². The molecule has 0 saturated carbocycles. The number of hydrogen-bond acceptors (Lipinski definition) is 4. The smallest absolute Gasteiger partial charge is 0.339 e. The predicted molar refractivity (Wildman–Crippen MR) is 49.7 cm³/mol. The van der Waals surface area contributed by atoms with Gasteiger partial charge in [-0.3, -0.25) is 0 Å². The quantitative estimate of drug-likeness (QED) is 0.697. The Hall–Kier alpha value is -1.29. The van der Waals surface area contributed by atoms with Gasteiger partial charge in [-0.15, -0.1) is 0 Å². The van der Waals surface area contributed by atoms with Gasteiger partial charge in [-0.1, -0.05) is 11.6 Å². The summed E-state index contributed by atoms with van der Waals surface area (Å²) in [6.07, 6.45) is 0. The van der Waals surface area contributed by atoms with E-state index in [1.54, 1.807) is 6.92 Å². The van der Waals surface area contributed by atoms with Crippen LogP contribution in [0.4, 0.5) is 5.82 Å². The van der Waals surface area contributed by atoms with Gasteiger partial charge < -0.3 is 10.5 Å². The third-order valence-electron chi connectivity index (χ3n) is 1.55. The number of aromatic nitrogens is 1. The number of aryl methyl sites for hydroxylation is 1. The van der Waals surface area contributed by atoms with Crippen molar-refractivity contribution >= 4 is 23.4 Å². The van der Waals surface area contributed by atoms with Crippen LogP contribution in [0.2, 0.25) is 5.02 Å². The van der Waals surface area contributed by atoms with Gasteiger partial charge >= 0.3 is 5.97 Å². The predicted octanol–water partition coefficient (Wildman–Crippen LogP) is 1.41. The minimum absolute atomic E-state index is 0.245. The second-order valence-corrected chi connectivity index (χ2v) is 2.86. The van der Waals surface area contributed by atoms with Crippen LogP contribution in [0.15, 0.2) is 6.07 Å². The summed E-state index contributed by atoms with van der Waals surface area (Å²) in [6.45, 7) is 1.67. The molecule has 0 fully saturated rings. The number of nitrogens with zero attached hydrogens (tertiary/aromatic N) is 1. The maximum atomic E-state index is 11.1. The summed E-state index contributed by atoms with van der Waals surface area (Å²) in [5, 5.41) is 0.279. The third kappa shape index (κ3) is 1.89. The Morgan fingerprint density at radius 1 is 1.69 bits per heavy atom. The van der Waals surface area contributed by atoms with E-state index in [1.807, 2.05) is 0 Å². The molecule has 1 aromatic rings. The van der Waals surface area contributed by atoms with Gasteiger partial charge in [0.05, 0.1) is 23.4 Å². The highest BCUT2D eigenvalue weighted by Gasteiger charge is 2.13. The van der Waals surface area contributed by atoms with Crippen LogP contribution in [-0.4, -0.2) is 18.1 Å². The van der Waals surface area contributed by atoms with Crippen LogP contribution < -0.4 is 5.73 Å². The molecule has 0 bridgehead atoms. The molecule has 2 N–H and O–H groups in total. The van der Waals surface area contributed by atoms with E-state index in [0.29, 0.717) is 5.69 Å². The second-order valence-electron chi connectivity index (χ2n) is 2.49. The van der Waals surface area contributed by atoms with Crippen molar-refractivity contribution in [3.63, 3.8) is 0 Å². The summed E-state index contributed by atoms with van der Waals surface area (Å²) in [4.78, 5) is 15.0. The molecule has 0 amide bonds. The van der Waals surface area contributed by atoms with Crippen LogP contribution in [-0.2, 0) is 4.74 Å². The lowest BCUT2D eigenvalue weighted by Crippen LogP contribution is -2.06. The topological polar surface area (TPSA) is 65.2 Å². The average Bonchev–Trinajstić information content (AvgIpc) is 2.10. The van der Waals surface area contributed by atoms with Crippen molar-refractivity contribution in [3.05, 3.63) is 22.3 Å². The molecule has 1 heterocycles. The Morgan fingerprint density at radius 2 is 2.31 bits per heavy atom. The molecule has 0 unspecified atom stereocenters. The average molecular weight is 201 g/mol. The number of carbonyl (C=O) groups is 1. The fourth-order valence-corrected chi connectivity index (χ4v) is 1.11. The van der Waals surface area contributed by atoms with E-state index in [9.17, 15) is 4.79 Å². The van der Waals surface area contributed by atoms with Crippen molar-refractivity contribution in [1.82, 2.24) is 4.98 Å². The van der Waals surface area contributed by atoms with Crippen LogP contribution in [0.3, 0.4) is 0 Å². The molecular formula is C8H9ClN2O2. The summed E-state index contributed by atoms with van der Waals surface area (Å²) in [5.74, 6) is -0.260. The van der Waals surface area contributed by atoms with Crippen LogP contribution in [0, 0.1) is 6.92 Å². The van der Waals surface area contributed by atoms with E-state index >= 15 is 0 Å². The lowest BCUT2D eigenvalue weighted by molar-refractivity contribution is 0.0600. The van der Waals surface area contributed by atoms with Crippen LogP contribution in [0.25, 0.3) is 0 Å². The normalized spacial score (nSPS) is 9.77. The number of halogens is 1. The lowest BCUT2D eigenvalue weighted by Gasteiger charge is -2.05. The zero-order valence-electron chi connectivity index (χ0n) is 7.30. The third-order valence-corrected chi connectivity index (χ3v) is 2.03. The molecule has 13 heavy (non-hydrogen) atoms. The molecule has 0 aliphatic carbocycles. The van der Waals surface area contributed by atoms with Gasteiger partial charge in [0.1, 0.15) is 5.82 Å². The molecule has 0 radical (unpaired) electrons. The fraction of sp³-hybridized carbons (Fsp3) is 0.250. The highest BCUT2D eigenvalue weighted by Crippen LogP contribution is 2.21. The Kier molecular flexibility index (Phi) is 2.72. The van der Waals surface area contributed by atoms with Gasteiger partial charge in [0.15, 0.2) is 0 Å². The highest BCUT2D eigenvalue weighted by atomic mass is 35.5. The molecule has 0 saturated heterocycles. The van der Waals surface area contributed by atoms with Crippen LogP contribution in [0.5, 0.6) is 0 Å². The van der Waals surface area contributed by atoms with Gasteiger partial charge in [-0.05, 0) is 13.0 Å². The molecule has 4 nitrogen and oxygen atoms in total. The summed E-state index contributed by atoms with van der Waals surface area (Å²) in [6, 6.07) is 1.39. The zero-order chi connectivity index (χ0) is 10.0. The number of carbonyl (C=O) groups excluding carboxylic acids is 1. The lowest BCUT2D eigenvalue weighted by atomic mass is 10.2. The van der Waals surface area contributed by atoms with Crippen LogP contribution in [0.1, 0.15) is 16.1 Å². The fourth-order valence-electron chi connectivity index (χ4n) is 0.940. The van der Waals surface area contributed by atoms with E-state index in [-0.39, 0.29) is 16.4 Å². The molecule has 0 aliphatic rings. The van der Waals surface area contributed by atoms with E-state index in [1.165, 1.54) is 13.2 Å². The maximum Gasteiger partial charge on any atom is 0.339 e. The number of anilines is 1. The minimum atomic E-state index is -0.512. The SMILES string of the molecule is COC(=O)c1cc(N)nc(C)c1Cl. The molecule has 70 valence electrons. The Balaban J connectivity index is 3.28. The number of hydrogen-bond donors (Lipinski definition) is 1. The monoisotopic (exact) mass is 200 g/mol. The summed E-state index contributed by atoms with van der Waals surface area (Å²) in [5.41, 5.74) is 6.20. The number of rotatable bonds is 1. The molecule has 1 rings (SSSR count). The Morgan fingerprint density at radius 3 is 2.85 bits per heavy atom. The number of nitrogens with two attached hydrogens (primary N) is 1. The minimum Gasteiger partial charge on any atom is -0.465 e. The van der Waals surface area contributed by atoms with Crippen molar-refractivity contribution in [2.24, 2.45) is 0 Å². The standard InChI is InChI=1S/C8H9ClN2O2/c1-4-7(9)5(8(12)13-2)3-6(10)11-4/h3H,1-2H3,(H2,10,11). The zero-order valence-corrected chi connectivity index (χ0v) is 8.05. The first-order valence-electron chi connectivity index (χ1n) is 3.57. The van der Waals surface area contributed by atoms with Crippen molar-refractivity contribution in [3.8, 4) is 0 Å². The van der Waals surface area contributed by atoms with Crippen molar-refractivity contribution in [2.75, 3.05) is 12.8 Å². The van der Waals surface area contributed by atoms with E-state index < -0.39 is 5.97 Å². The first kappa shape index (κ1) is 9.80. The highest BCUT2D eigenvalue weighted by molar-refractivity contribution is 6.34. The molecular weight excluding hydrogens is 192 g/mol. The van der Waals surface area contributed by atoms with Gasteiger partial charge in [-0.25, -0.2) is 9.78 Å². The molecule has 1 aromatic heterocycles. The van der Waals surface area contributed by atoms with E-state index in [0.717, 1.165) is 0 Å². The largest absolute Gasteiger partial charge is 0.465 e. The molecule has 0 aromatic carbocycles. The number of ether oxygens (including phenoxy) is 1. The summed E-state index contributed by atoms with van der Waals surface area (Å²) >= 11 is 5.82. The molecule has 5 heteroatoms. The molecule has 0 spiro atoms. The maximum absolute atomic E-state index is 11.1. The summed E-state index contributed by atoms with van der Waals surface area (Å²) < 4.78 is 4.52. The number of pyridine rings is 1. The number of nitrogen functional groups attached to an aromatic ring is 1. The van der Waals surface area contributed by atoms with Gasteiger partial charge in [0.25, 0.3) is 0 Å². The van der Waals surface area contributed by atoms with Gasteiger partial charge in [0, 0.05) is 0 Å². The molecule has 0 atom stereocenters. The van der Waals surface area contributed by atoms with Gasteiger partial charge in [0.2, 0.25) is 0 Å². The molecule has 0 aliphatic heterocycles. The second kappa shape index (κ2) is 3.62. The Labute approximate surface area is 80.7 Å². The first-order chi connectivity index (χ1) is 6.06. The first-order valence-corrected chi connectivity index (χ1v) is 3.95.